The van der Waals surface area contributed by atoms with Crippen LogP contribution in [-0.4, -0.2) is 16.2 Å². The summed E-state index contributed by atoms with van der Waals surface area (Å²) in [5.74, 6) is -2.61. The van der Waals surface area contributed by atoms with Gasteiger partial charge in [-0.25, -0.2) is 0 Å². The van der Waals surface area contributed by atoms with Crippen molar-refractivity contribution in [1.82, 2.24) is 0 Å². The lowest BCUT2D eigenvalue weighted by Crippen LogP contribution is -2.21. The summed E-state index contributed by atoms with van der Waals surface area (Å²) >= 11 is 0. The van der Waals surface area contributed by atoms with Gasteiger partial charge >= 0.3 is 12.1 Å². The van der Waals surface area contributed by atoms with Gasteiger partial charge in [-0.3, -0.25) is 4.79 Å². The molecule has 2 N–H and O–H groups in total. The van der Waals surface area contributed by atoms with Crippen LogP contribution < -0.4 is 0 Å². The number of rotatable bonds is 5. The molecular formula is C22H17F3O3. The van der Waals surface area contributed by atoms with Gasteiger partial charge in [0.15, 0.2) is 0 Å². The lowest BCUT2D eigenvalue weighted by molar-refractivity contribution is -0.142. The van der Waals surface area contributed by atoms with Gasteiger partial charge in [0.05, 0.1) is 11.7 Å². The first-order valence-corrected chi connectivity index (χ1v) is 8.51. The van der Waals surface area contributed by atoms with Crippen LogP contribution >= 0.6 is 0 Å². The van der Waals surface area contributed by atoms with Gasteiger partial charge in [0.2, 0.25) is 0 Å². The SMILES string of the molecule is O=C(O)C(c1ccccc1-c1ccccc1)C(O)c1ccc(C(F)(F)F)cc1. The Balaban J connectivity index is 2.03. The van der Waals surface area contributed by atoms with Crippen LogP contribution in [0, 0.1) is 0 Å². The Morgan fingerprint density at radius 1 is 0.821 bits per heavy atom. The predicted octanol–water partition coefficient (Wildman–Crippen LogP) is 5.27. The highest BCUT2D eigenvalue weighted by Crippen LogP contribution is 2.38. The van der Waals surface area contributed by atoms with Crippen LogP contribution in [0.5, 0.6) is 0 Å². The molecule has 144 valence electrons. The molecule has 0 bridgehead atoms. The Morgan fingerprint density at radius 3 is 1.96 bits per heavy atom. The molecule has 6 heteroatoms. The Kier molecular flexibility index (Phi) is 5.51. The second-order valence-electron chi connectivity index (χ2n) is 6.33. The second-order valence-corrected chi connectivity index (χ2v) is 6.33. The fourth-order valence-electron chi connectivity index (χ4n) is 3.15. The maximum absolute atomic E-state index is 12.8. The van der Waals surface area contributed by atoms with E-state index >= 15 is 0 Å². The summed E-state index contributed by atoms with van der Waals surface area (Å²) in [5.41, 5.74) is 1.04. The molecule has 0 heterocycles. The Hall–Kier alpha value is -3.12. The van der Waals surface area contributed by atoms with Crippen LogP contribution in [0.1, 0.15) is 28.7 Å². The highest BCUT2D eigenvalue weighted by Gasteiger charge is 2.33. The Bertz CT molecular complexity index is 951. The van der Waals surface area contributed by atoms with E-state index in [0.717, 1.165) is 29.8 Å². The van der Waals surface area contributed by atoms with E-state index in [4.69, 9.17) is 0 Å². The average Bonchev–Trinajstić information content (AvgIpc) is 2.68. The monoisotopic (exact) mass is 386 g/mol. The molecule has 2 unspecified atom stereocenters. The maximum Gasteiger partial charge on any atom is 0.416 e. The van der Waals surface area contributed by atoms with E-state index in [-0.39, 0.29) is 5.56 Å². The lowest BCUT2D eigenvalue weighted by Gasteiger charge is -2.23. The van der Waals surface area contributed by atoms with Crippen molar-refractivity contribution in [3.8, 4) is 11.1 Å². The molecule has 0 amide bonds. The first-order chi connectivity index (χ1) is 13.3. The minimum absolute atomic E-state index is 0.100. The number of aliphatic carboxylic acids is 1. The lowest BCUT2D eigenvalue weighted by atomic mass is 9.84. The second kappa shape index (κ2) is 7.86. The fraction of sp³-hybridized carbons (Fsp3) is 0.136. The van der Waals surface area contributed by atoms with Crippen molar-refractivity contribution in [3.05, 3.63) is 95.6 Å². The number of hydrogen-bond acceptors (Lipinski definition) is 2. The number of hydrogen-bond donors (Lipinski definition) is 2. The first-order valence-electron chi connectivity index (χ1n) is 8.51. The predicted molar refractivity (Wildman–Crippen MR) is 98.7 cm³/mol. The molecule has 0 spiro atoms. The van der Waals surface area contributed by atoms with E-state index in [1.807, 2.05) is 30.3 Å². The number of aliphatic hydroxyl groups is 1. The highest BCUT2D eigenvalue weighted by molar-refractivity contribution is 5.82. The van der Waals surface area contributed by atoms with Gasteiger partial charge in [-0.1, -0.05) is 66.7 Å². The Morgan fingerprint density at radius 2 is 1.39 bits per heavy atom. The average molecular weight is 386 g/mol. The van der Waals surface area contributed by atoms with Crippen LogP contribution in [0.15, 0.2) is 78.9 Å². The largest absolute Gasteiger partial charge is 0.481 e. The van der Waals surface area contributed by atoms with E-state index in [1.165, 1.54) is 0 Å². The van der Waals surface area contributed by atoms with E-state index in [9.17, 15) is 28.2 Å². The van der Waals surface area contributed by atoms with E-state index in [0.29, 0.717) is 11.1 Å². The molecule has 0 aromatic heterocycles. The van der Waals surface area contributed by atoms with Crippen LogP contribution in [0.25, 0.3) is 11.1 Å². The van der Waals surface area contributed by atoms with Crippen molar-refractivity contribution in [2.24, 2.45) is 0 Å². The number of carbonyl (C=O) groups is 1. The molecule has 3 aromatic carbocycles. The van der Waals surface area contributed by atoms with Crippen LogP contribution in [0.4, 0.5) is 13.2 Å². The number of alkyl halides is 3. The van der Waals surface area contributed by atoms with Gasteiger partial charge in [-0.15, -0.1) is 0 Å². The fourth-order valence-corrected chi connectivity index (χ4v) is 3.15. The summed E-state index contributed by atoms with van der Waals surface area (Å²) in [7, 11) is 0. The van der Waals surface area contributed by atoms with Gasteiger partial charge in [0.25, 0.3) is 0 Å². The number of carboxylic acid groups (broad SMARTS) is 1. The molecule has 0 aliphatic carbocycles. The molecule has 28 heavy (non-hydrogen) atoms. The van der Waals surface area contributed by atoms with Gasteiger partial charge < -0.3 is 10.2 Å². The van der Waals surface area contributed by atoms with E-state index in [2.05, 4.69) is 0 Å². The molecule has 0 aliphatic rings. The minimum Gasteiger partial charge on any atom is -0.481 e. The van der Waals surface area contributed by atoms with Crippen LogP contribution in [0.3, 0.4) is 0 Å². The highest BCUT2D eigenvalue weighted by atomic mass is 19.4. The van der Waals surface area contributed by atoms with Crippen LogP contribution in [-0.2, 0) is 11.0 Å². The van der Waals surface area contributed by atoms with Crippen molar-refractivity contribution in [1.29, 1.82) is 0 Å². The molecule has 0 saturated heterocycles. The maximum atomic E-state index is 12.8. The third-order valence-corrected chi connectivity index (χ3v) is 4.54. The van der Waals surface area contributed by atoms with Crippen molar-refractivity contribution >= 4 is 5.97 Å². The topological polar surface area (TPSA) is 57.5 Å². The van der Waals surface area contributed by atoms with E-state index < -0.39 is 29.7 Å². The van der Waals surface area contributed by atoms with Crippen molar-refractivity contribution in [3.63, 3.8) is 0 Å². The summed E-state index contributed by atoms with van der Waals surface area (Å²) in [5, 5.41) is 20.5. The van der Waals surface area contributed by atoms with Gasteiger partial charge in [-0.2, -0.15) is 13.2 Å². The molecule has 0 aliphatic heterocycles. The molecule has 3 aromatic rings. The summed E-state index contributed by atoms with van der Waals surface area (Å²) in [6.45, 7) is 0. The van der Waals surface area contributed by atoms with Crippen molar-refractivity contribution in [2.45, 2.75) is 18.2 Å². The first kappa shape index (κ1) is 19.6. The standard InChI is InChI=1S/C22H17F3O3/c23-22(24,25)16-12-10-15(11-13-16)20(26)19(21(27)28)18-9-5-4-8-17(18)14-6-2-1-3-7-14/h1-13,19-20,26H,(H,27,28). The molecule has 0 saturated carbocycles. The van der Waals surface area contributed by atoms with Gasteiger partial charge in [0.1, 0.15) is 5.92 Å². The van der Waals surface area contributed by atoms with Gasteiger partial charge in [-0.05, 0) is 34.4 Å². The smallest absolute Gasteiger partial charge is 0.416 e. The molecule has 3 rings (SSSR count). The number of aliphatic hydroxyl groups excluding tert-OH is 1. The van der Waals surface area contributed by atoms with Crippen molar-refractivity contribution < 1.29 is 28.2 Å². The Labute approximate surface area is 159 Å². The zero-order chi connectivity index (χ0) is 20.3. The summed E-state index contributed by atoms with van der Waals surface area (Å²) in [6.07, 6.45) is -6.01. The minimum atomic E-state index is -4.50. The molecule has 2 atom stereocenters. The number of halogens is 3. The number of carboxylic acids is 1. The van der Waals surface area contributed by atoms with E-state index in [1.54, 1.807) is 24.3 Å². The molecule has 0 radical (unpaired) electrons. The summed E-state index contributed by atoms with van der Waals surface area (Å²) in [6, 6.07) is 19.8. The molecule has 0 fully saturated rings. The number of benzene rings is 3. The summed E-state index contributed by atoms with van der Waals surface area (Å²) in [4.78, 5) is 12.0. The zero-order valence-electron chi connectivity index (χ0n) is 14.6. The third-order valence-electron chi connectivity index (χ3n) is 4.54. The third kappa shape index (κ3) is 4.07. The van der Waals surface area contributed by atoms with Gasteiger partial charge in [0, 0.05) is 0 Å². The molecular weight excluding hydrogens is 369 g/mol. The molecule has 3 nitrogen and oxygen atoms in total. The zero-order valence-corrected chi connectivity index (χ0v) is 14.6. The summed E-state index contributed by atoms with van der Waals surface area (Å²) < 4.78 is 38.3. The van der Waals surface area contributed by atoms with Crippen molar-refractivity contribution in [2.75, 3.05) is 0 Å². The van der Waals surface area contributed by atoms with Crippen LogP contribution in [0.2, 0.25) is 0 Å². The quantitative estimate of drug-likeness (QED) is 0.628. The normalized spacial score (nSPS) is 13.7.